The number of aryl methyl sites for hydroxylation is 3. The highest BCUT2D eigenvalue weighted by molar-refractivity contribution is 6.11. The highest BCUT2D eigenvalue weighted by Gasteiger charge is 2.23. The Kier molecular flexibility index (Phi) is 7.87. The Balaban J connectivity index is 1.28. The van der Waals surface area contributed by atoms with Crippen LogP contribution >= 0.6 is 0 Å². The van der Waals surface area contributed by atoms with Gasteiger partial charge in [-0.3, -0.25) is 9.97 Å². The van der Waals surface area contributed by atoms with Crippen molar-refractivity contribution < 1.29 is 9.68 Å². The summed E-state index contributed by atoms with van der Waals surface area (Å²) < 4.78 is 2.10. The zero-order chi connectivity index (χ0) is 27.2. The van der Waals surface area contributed by atoms with Crippen LogP contribution in [0.3, 0.4) is 0 Å². The first kappa shape index (κ1) is 26.4. The van der Waals surface area contributed by atoms with Crippen molar-refractivity contribution >= 4 is 11.4 Å². The molecule has 1 aliphatic carbocycles. The molecule has 5 rings (SSSR count). The number of oxime groups is 2. The number of nitrogens with zero attached hydrogens (tertiary/aromatic N) is 5. The van der Waals surface area contributed by atoms with Gasteiger partial charge in [0.25, 0.3) is 0 Å². The van der Waals surface area contributed by atoms with Gasteiger partial charge < -0.3 is 14.2 Å². The van der Waals surface area contributed by atoms with E-state index in [1.54, 1.807) is 6.20 Å². The van der Waals surface area contributed by atoms with Crippen molar-refractivity contribution in [1.82, 2.24) is 14.5 Å². The van der Waals surface area contributed by atoms with Gasteiger partial charge in [0.2, 0.25) is 0 Å². The van der Waals surface area contributed by atoms with E-state index in [0.29, 0.717) is 18.9 Å². The van der Waals surface area contributed by atoms with Crippen LogP contribution in [0.2, 0.25) is 0 Å². The summed E-state index contributed by atoms with van der Waals surface area (Å²) in [7, 11) is 0. The lowest BCUT2D eigenvalue weighted by Crippen LogP contribution is -2.25. The minimum Gasteiger partial charge on any atom is -0.395 e. The van der Waals surface area contributed by atoms with E-state index in [9.17, 15) is 0 Å². The molecule has 0 amide bonds. The molecule has 0 bridgehead atoms. The molecule has 0 aliphatic heterocycles. The molecule has 39 heavy (non-hydrogen) atoms. The van der Waals surface area contributed by atoms with Crippen LogP contribution in [0.15, 0.2) is 89.6 Å². The predicted molar refractivity (Wildman–Crippen MR) is 155 cm³/mol. The minimum atomic E-state index is -0.311. The fraction of sp³-hybridized carbons (Fsp3) is 0.312. The fourth-order valence-electron chi connectivity index (χ4n) is 4.63. The Hall–Kier alpha value is -4.26. The van der Waals surface area contributed by atoms with Crippen molar-refractivity contribution in [2.24, 2.45) is 15.7 Å². The SMILES string of the molecule is Cc1ccc2c(n1)C(=NOCC(C)(C)CON=C(c1ccc(-n3cccc3)c(C)c1)c1ccccn1)CCC2. The van der Waals surface area contributed by atoms with Gasteiger partial charge in [0, 0.05) is 41.0 Å². The second kappa shape index (κ2) is 11.6. The van der Waals surface area contributed by atoms with Gasteiger partial charge in [0.1, 0.15) is 24.6 Å². The highest BCUT2D eigenvalue weighted by atomic mass is 16.6. The van der Waals surface area contributed by atoms with Crippen LogP contribution in [0, 0.1) is 19.3 Å². The third-order valence-electron chi connectivity index (χ3n) is 6.75. The normalized spacial score (nSPS) is 14.8. The van der Waals surface area contributed by atoms with Gasteiger partial charge in [-0.15, -0.1) is 0 Å². The number of aromatic nitrogens is 3. The van der Waals surface area contributed by atoms with Crippen LogP contribution in [0.4, 0.5) is 0 Å². The smallest absolute Gasteiger partial charge is 0.135 e. The molecule has 1 aromatic carbocycles. The lowest BCUT2D eigenvalue weighted by Gasteiger charge is -2.22. The van der Waals surface area contributed by atoms with Gasteiger partial charge in [-0.1, -0.05) is 42.4 Å². The number of rotatable bonds is 9. The molecule has 7 heteroatoms. The summed E-state index contributed by atoms with van der Waals surface area (Å²) in [6.07, 6.45) is 8.82. The van der Waals surface area contributed by atoms with Crippen molar-refractivity contribution in [3.05, 3.63) is 113 Å². The maximum absolute atomic E-state index is 5.93. The van der Waals surface area contributed by atoms with Crippen molar-refractivity contribution in [1.29, 1.82) is 0 Å². The zero-order valence-corrected chi connectivity index (χ0v) is 23.1. The first-order valence-corrected chi connectivity index (χ1v) is 13.4. The molecular formula is C32H35N5O2. The van der Waals surface area contributed by atoms with Crippen LogP contribution in [0.25, 0.3) is 5.69 Å². The fourth-order valence-corrected chi connectivity index (χ4v) is 4.63. The van der Waals surface area contributed by atoms with Crippen LogP contribution in [0.5, 0.6) is 0 Å². The third-order valence-corrected chi connectivity index (χ3v) is 6.75. The number of hydrogen-bond acceptors (Lipinski definition) is 6. The summed E-state index contributed by atoms with van der Waals surface area (Å²) in [5.74, 6) is 0. The van der Waals surface area contributed by atoms with Crippen LogP contribution < -0.4 is 0 Å². The van der Waals surface area contributed by atoms with E-state index < -0.39 is 0 Å². The molecule has 1 aliphatic rings. The molecule has 7 nitrogen and oxygen atoms in total. The number of benzene rings is 1. The Morgan fingerprint density at radius 2 is 1.77 bits per heavy atom. The first-order chi connectivity index (χ1) is 18.9. The van der Waals surface area contributed by atoms with E-state index in [1.807, 2.05) is 49.6 Å². The molecule has 4 aromatic rings. The molecule has 0 saturated heterocycles. The molecule has 200 valence electrons. The predicted octanol–water partition coefficient (Wildman–Crippen LogP) is 6.44. The maximum Gasteiger partial charge on any atom is 0.135 e. The average molecular weight is 522 g/mol. The van der Waals surface area contributed by atoms with Gasteiger partial charge in [0.05, 0.1) is 11.4 Å². The summed E-state index contributed by atoms with van der Waals surface area (Å²) in [6, 6.07) is 20.3. The number of hydrogen-bond donors (Lipinski definition) is 0. The van der Waals surface area contributed by atoms with Gasteiger partial charge >= 0.3 is 0 Å². The maximum atomic E-state index is 5.93. The number of pyridine rings is 2. The summed E-state index contributed by atoms with van der Waals surface area (Å²) in [6.45, 7) is 9.02. The van der Waals surface area contributed by atoms with Crippen molar-refractivity contribution in [2.45, 2.75) is 47.0 Å². The van der Waals surface area contributed by atoms with E-state index in [2.05, 4.69) is 71.0 Å². The van der Waals surface area contributed by atoms with E-state index >= 15 is 0 Å². The quantitative estimate of drug-likeness (QED) is 0.188. The standard InChI is InChI=1S/C32H35N5O2/c1-23-20-26(15-16-29(23)37-18-7-8-19-37)31(27-11-5-6-17-33-27)36-39-22-32(3,4)21-38-35-28-12-9-10-25-14-13-24(2)34-30(25)28/h5-8,11,13-20H,9-10,12,21-22H2,1-4H3. The molecule has 3 aromatic heterocycles. The third kappa shape index (κ3) is 6.42. The molecular weight excluding hydrogens is 486 g/mol. The van der Waals surface area contributed by atoms with E-state index in [4.69, 9.17) is 14.7 Å². The van der Waals surface area contributed by atoms with Gasteiger partial charge in [0.15, 0.2) is 0 Å². The largest absolute Gasteiger partial charge is 0.395 e. The Bertz CT molecular complexity index is 1470. The molecule has 0 spiro atoms. The lowest BCUT2D eigenvalue weighted by molar-refractivity contribution is -0.0000657. The van der Waals surface area contributed by atoms with Gasteiger partial charge in [-0.05, 0) is 86.7 Å². The Morgan fingerprint density at radius 1 is 0.949 bits per heavy atom. The summed E-state index contributed by atoms with van der Waals surface area (Å²) in [5.41, 5.74) is 8.46. The van der Waals surface area contributed by atoms with E-state index in [1.165, 1.54) is 5.56 Å². The topological polar surface area (TPSA) is 73.9 Å². The van der Waals surface area contributed by atoms with E-state index in [0.717, 1.165) is 58.9 Å². The molecule has 0 atom stereocenters. The van der Waals surface area contributed by atoms with Crippen molar-refractivity contribution in [3.8, 4) is 5.69 Å². The summed E-state index contributed by atoms with van der Waals surface area (Å²) in [5, 5.41) is 9.05. The summed E-state index contributed by atoms with van der Waals surface area (Å²) >= 11 is 0. The van der Waals surface area contributed by atoms with Crippen LogP contribution in [-0.2, 0) is 16.1 Å². The molecule has 3 heterocycles. The van der Waals surface area contributed by atoms with E-state index in [-0.39, 0.29) is 5.41 Å². The molecule has 0 fully saturated rings. The van der Waals surface area contributed by atoms with Crippen LogP contribution in [-0.4, -0.2) is 39.2 Å². The molecule has 0 N–H and O–H groups in total. The van der Waals surface area contributed by atoms with Gasteiger partial charge in [-0.25, -0.2) is 0 Å². The molecule has 0 unspecified atom stereocenters. The number of fused-ring (bicyclic) bond motifs is 1. The zero-order valence-electron chi connectivity index (χ0n) is 23.1. The molecule has 0 radical (unpaired) electrons. The first-order valence-electron chi connectivity index (χ1n) is 13.4. The monoisotopic (exact) mass is 521 g/mol. The Labute approximate surface area is 230 Å². The van der Waals surface area contributed by atoms with Crippen molar-refractivity contribution in [2.75, 3.05) is 13.2 Å². The highest BCUT2D eigenvalue weighted by Crippen LogP contribution is 2.23. The van der Waals surface area contributed by atoms with Crippen LogP contribution in [0.1, 0.15) is 60.5 Å². The second-order valence-corrected chi connectivity index (χ2v) is 10.8. The average Bonchev–Trinajstić information content (AvgIpc) is 3.46. The van der Waals surface area contributed by atoms with Gasteiger partial charge in [-0.2, -0.15) is 0 Å². The lowest BCUT2D eigenvalue weighted by atomic mass is 9.94. The summed E-state index contributed by atoms with van der Waals surface area (Å²) in [4.78, 5) is 21.0. The second-order valence-electron chi connectivity index (χ2n) is 10.8. The minimum absolute atomic E-state index is 0.311. The van der Waals surface area contributed by atoms with Crippen molar-refractivity contribution in [3.63, 3.8) is 0 Å². The molecule has 0 saturated carbocycles. The Morgan fingerprint density at radius 3 is 2.54 bits per heavy atom.